The number of nitrogens with zero attached hydrogens (tertiary/aromatic N) is 1. The molecule has 2 amide bonds. The Morgan fingerprint density at radius 1 is 1.41 bits per heavy atom. The number of nitrogens with one attached hydrogen (secondary N) is 1. The summed E-state index contributed by atoms with van der Waals surface area (Å²) in [5.74, 6) is -0.170. The normalized spacial score (nSPS) is 28.5. The van der Waals surface area contributed by atoms with Gasteiger partial charge >= 0.3 is 12.0 Å². The quantitative estimate of drug-likeness (QED) is 0.801. The molecule has 0 radical (unpaired) electrons. The maximum Gasteiger partial charge on any atom is 0.327 e. The Hall–Kier alpha value is -0.910. The summed E-state index contributed by atoms with van der Waals surface area (Å²) in [6.07, 6.45) is 2.02. The van der Waals surface area contributed by atoms with Crippen LogP contribution in [-0.4, -0.2) is 45.2 Å². The topological polar surface area (TPSA) is 69.6 Å². The second-order valence-corrected chi connectivity index (χ2v) is 6.10. The highest BCUT2D eigenvalue weighted by Crippen LogP contribution is 2.34. The van der Waals surface area contributed by atoms with Crippen LogP contribution in [0.25, 0.3) is 0 Å². The molecule has 96 valence electrons. The molecule has 2 fully saturated rings. The number of thioether (sulfide) groups is 1. The van der Waals surface area contributed by atoms with Crippen molar-refractivity contribution in [3.05, 3.63) is 0 Å². The van der Waals surface area contributed by atoms with Crippen LogP contribution in [0, 0.1) is 5.92 Å². The number of urea groups is 1. The second-order valence-electron chi connectivity index (χ2n) is 4.95. The number of hydrogen-bond donors (Lipinski definition) is 2. The second kappa shape index (κ2) is 4.76. The van der Waals surface area contributed by atoms with Gasteiger partial charge in [0, 0.05) is 11.8 Å². The summed E-state index contributed by atoms with van der Waals surface area (Å²) in [5.41, 5.74) is 0. The predicted octanol–water partition coefficient (Wildman–Crippen LogP) is 1.34. The van der Waals surface area contributed by atoms with Gasteiger partial charge in [-0.05, 0) is 18.8 Å². The molecule has 17 heavy (non-hydrogen) atoms. The lowest BCUT2D eigenvalue weighted by molar-refractivity contribution is -0.141. The molecular formula is C11H18N2O3S. The van der Waals surface area contributed by atoms with E-state index in [1.54, 1.807) is 11.8 Å². The minimum absolute atomic E-state index is 0.0325. The number of carboxylic acid groups (broad SMARTS) is 1. The summed E-state index contributed by atoms with van der Waals surface area (Å²) in [4.78, 5) is 24.7. The van der Waals surface area contributed by atoms with Crippen LogP contribution in [0.4, 0.5) is 4.79 Å². The van der Waals surface area contributed by atoms with E-state index < -0.39 is 12.0 Å². The average Bonchev–Trinajstić information content (AvgIpc) is 2.93. The molecule has 0 aromatic rings. The van der Waals surface area contributed by atoms with Crippen LogP contribution in [-0.2, 0) is 4.79 Å². The lowest BCUT2D eigenvalue weighted by Crippen LogP contribution is -2.51. The molecule has 0 aromatic heterocycles. The van der Waals surface area contributed by atoms with E-state index in [9.17, 15) is 9.59 Å². The molecule has 2 aliphatic rings. The number of carbonyl (C=O) groups excluding carboxylic acids is 1. The van der Waals surface area contributed by atoms with Crippen LogP contribution in [0.5, 0.6) is 0 Å². The zero-order valence-corrected chi connectivity index (χ0v) is 10.9. The van der Waals surface area contributed by atoms with Crippen LogP contribution in [0.1, 0.15) is 26.7 Å². The molecule has 0 bridgehead atoms. The van der Waals surface area contributed by atoms with Crippen molar-refractivity contribution >= 4 is 23.8 Å². The van der Waals surface area contributed by atoms with Crippen molar-refractivity contribution in [1.29, 1.82) is 0 Å². The SMILES string of the molecule is CC(C)C1SCC(C(=O)O)N1C(=O)NC1CC1. The largest absolute Gasteiger partial charge is 0.480 e. The van der Waals surface area contributed by atoms with Crippen LogP contribution >= 0.6 is 11.8 Å². The number of carbonyl (C=O) groups is 2. The summed E-state index contributed by atoms with van der Waals surface area (Å²) in [6, 6.07) is -0.648. The molecule has 5 nitrogen and oxygen atoms in total. The Bertz CT molecular complexity index is 331. The summed E-state index contributed by atoms with van der Waals surface area (Å²) in [7, 11) is 0. The maximum absolute atomic E-state index is 12.1. The molecule has 2 atom stereocenters. The highest BCUT2D eigenvalue weighted by atomic mass is 32.2. The van der Waals surface area contributed by atoms with Gasteiger partial charge in [-0.15, -0.1) is 11.8 Å². The first kappa shape index (κ1) is 12.5. The van der Waals surface area contributed by atoms with Gasteiger partial charge in [0.05, 0.1) is 5.37 Å². The van der Waals surface area contributed by atoms with E-state index in [1.165, 1.54) is 4.90 Å². The van der Waals surface area contributed by atoms with Crippen LogP contribution in [0.15, 0.2) is 0 Å². The van der Waals surface area contributed by atoms with Crippen molar-refractivity contribution in [2.75, 3.05) is 5.75 Å². The molecule has 6 heteroatoms. The fourth-order valence-electron chi connectivity index (χ4n) is 1.97. The van der Waals surface area contributed by atoms with Gasteiger partial charge in [-0.1, -0.05) is 13.8 Å². The van der Waals surface area contributed by atoms with E-state index in [0.717, 1.165) is 12.8 Å². The van der Waals surface area contributed by atoms with Crippen molar-refractivity contribution in [2.45, 2.75) is 44.1 Å². The van der Waals surface area contributed by atoms with Crippen LogP contribution in [0.2, 0.25) is 0 Å². The van der Waals surface area contributed by atoms with E-state index in [4.69, 9.17) is 5.11 Å². The fourth-order valence-corrected chi connectivity index (χ4v) is 3.44. The molecule has 1 saturated heterocycles. The Balaban J connectivity index is 2.09. The third-order valence-electron chi connectivity index (χ3n) is 3.03. The first-order chi connectivity index (χ1) is 8.00. The van der Waals surface area contributed by atoms with Gasteiger partial charge in [0.1, 0.15) is 6.04 Å². The molecule has 1 aliphatic heterocycles. The summed E-state index contributed by atoms with van der Waals surface area (Å²) < 4.78 is 0. The highest BCUT2D eigenvalue weighted by molar-refractivity contribution is 8.00. The smallest absolute Gasteiger partial charge is 0.327 e. The average molecular weight is 258 g/mol. The number of aliphatic carboxylic acids is 1. The summed E-state index contributed by atoms with van der Waals surface area (Å²) in [6.45, 7) is 4.03. The van der Waals surface area contributed by atoms with Crippen LogP contribution < -0.4 is 5.32 Å². The van der Waals surface area contributed by atoms with Gasteiger partial charge < -0.3 is 10.4 Å². The molecule has 1 saturated carbocycles. The maximum atomic E-state index is 12.1. The molecule has 0 aromatic carbocycles. The number of hydrogen-bond acceptors (Lipinski definition) is 3. The molecule has 1 aliphatic carbocycles. The highest BCUT2D eigenvalue weighted by Gasteiger charge is 2.43. The Morgan fingerprint density at radius 2 is 2.06 bits per heavy atom. The van der Waals surface area contributed by atoms with Crippen molar-refractivity contribution in [3.8, 4) is 0 Å². The monoisotopic (exact) mass is 258 g/mol. The number of carboxylic acids is 1. The van der Waals surface area contributed by atoms with E-state index >= 15 is 0 Å². The standard InChI is InChI=1S/C11H18N2O3S/c1-6(2)9-13(8(5-17-9)10(14)15)11(16)12-7-3-4-7/h6-9H,3-5H2,1-2H3,(H,12,16)(H,14,15). The van der Waals surface area contributed by atoms with Crippen LogP contribution in [0.3, 0.4) is 0 Å². The van der Waals surface area contributed by atoms with E-state index in [2.05, 4.69) is 5.32 Å². The lowest BCUT2D eigenvalue weighted by atomic mass is 10.2. The molecule has 1 heterocycles. The number of amides is 2. The van der Waals surface area contributed by atoms with Crippen molar-refractivity contribution in [1.82, 2.24) is 10.2 Å². The first-order valence-corrected chi connectivity index (χ1v) is 6.99. The third-order valence-corrected chi connectivity index (χ3v) is 4.65. The van der Waals surface area contributed by atoms with Gasteiger partial charge in [-0.2, -0.15) is 0 Å². The summed E-state index contributed by atoms with van der Waals surface area (Å²) >= 11 is 1.56. The Morgan fingerprint density at radius 3 is 2.53 bits per heavy atom. The van der Waals surface area contributed by atoms with E-state index in [1.807, 2.05) is 13.8 Å². The molecule has 2 N–H and O–H groups in total. The van der Waals surface area contributed by atoms with Gasteiger partial charge in [0.25, 0.3) is 0 Å². The number of rotatable bonds is 3. The minimum Gasteiger partial charge on any atom is -0.480 e. The molecule has 2 unspecified atom stereocenters. The van der Waals surface area contributed by atoms with Gasteiger partial charge in [0.2, 0.25) is 0 Å². The van der Waals surface area contributed by atoms with Gasteiger partial charge in [0.15, 0.2) is 0 Å². The lowest BCUT2D eigenvalue weighted by Gasteiger charge is -2.29. The molecular weight excluding hydrogens is 240 g/mol. The Kier molecular flexibility index (Phi) is 3.51. The zero-order valence-electron chi connectivity index (χ0n) is 10.0. The Labute approximate surface area is 105 Å². The van der Waals surface area contributed by atoms with E-state index in [0.29, 0.717) is 5.75 Å². The predicted molar refractivity (Wildman–Crippen MR) is 65.9 cm³/mol. The zero-order chi connectivity index (χ0) is 12.6. The van der Waals surface area contributed by atoms with Crippen molar-refractivity contribution < 1.29 is 14.7 Å². The minimum atomic E-state index is -0.911. The first-order valence-electron chi connectivity index (χ1n) is 5.94. The molecule has 2 rings (SSSR count). The van der Waals surface area contributed by atoms with Crippen molar-refractivity contribution in [2.24, 2.45) is 5.92 Å². The third kappa shape index (κ3) is 2.68. The van der Waals surface area contributed by atoms with E-state index in [-0.39, 0.29) is 23.4 Å². The van der Waals surface area contributed by atoms with Crippen molar-refractivity contribution in [3.63, 3.8) is 0 Å². The van der Waals surface area contributed by atoms with Gasteiger partial charge in [-0.25, -0.2) is 9.59 Å². The molecule has 0 spiro atoms. The fraction of sp³-hybridized carbons (Fsp3) is 0.818. The summed E-state index contributed by atoms with van der Waals surface area (Å²) in [5, 5.41) is 12.0. The van der Waals surface area contributed by atoms with Gasteiger partial charge in [-0.3, -0.25) is 4.90 Å².